The maximum absolute atomic E-state index is 4.68. The topological polar surface area (TPSA) is 29.9 Å². The molecule has 3 nitrogen and oxygen atoms in total. The zero-order chi connectivity index (χ0) is 10.8. The van der Waals surface area contributed by atoms with E-state index in [-0.39, 0.29) is 0 Å². The summed E-state index contributed by atoms with van der Waals surface area (Å²) in [5, 5.41) is 8.15. The first-order valence-electron chi connectivity index (χ1n) is 5.97. The number of hydrogen-bond acceptors (Lipinski definition) is 2. The molecule has 0 aliphatic carbocycles. The molecule has 1 N–H and O–H groups in total. The van der Waals surface area contributed by atoms with Crippen LogP contribution in [0.4, 0.5) is 0 Å². The Morgan fingerprint density at radius 3 is 2.93 bits per heavy atom. The van der Waals surface area contributed by atoms with E-state index in [9.17, 15) is 0 Å². The van der Waals surface area contributed by atoms with Crippen LogP contribution in [0.1, 0.15) is 42.6 Å². The van der Waals surface area contributed by atoms with Crippen molar-refractivity contribution in [1.82, 2.24) is 15.1 Å². The minimum Gasteiger partial charge on any atom is -0.316 e. The standard InChI is InChI=1S/C12H21N3/c1-4-11-9(2)15(3)14-12(11)10-6-5-7-13-8-10/h10,13H,4-8H2,1-3H3. The van der Waals surface area contributed by atoms with E-state index < -0.39 is 0 Å². The summed E-state index contributed by atoms with van der Waals surface area (Å²) in [5.41, 5.74) is 4.13. The van der Waals surface area contributed by atoms with Crippen molar-refractivity contribution in [2.45, 2.75) is 39.0 Å². The third-order valence-electron chi connectivity index (χ3n) is 3.53. The zero-order valence-corrected chi connectivity index (χ0v) is 10.0. The second kappa shape index (κ2) is 4.35. The minimum absolute atomic E-state index is 0.633. The Morgan fingerprint density at radius 1 is 1.53 bits per heavy atom. The molecule has 1 aliphatic rings. The highest BCUT2D eigenvalue weighted by Crippen LogP contribution is 2.27. The van der Waals surface area contributed by atoms with Gasteiger partial charge in [-0.15, -0.1) is 0 Å². The first-order chi connectivity index (χ1) is 7.24. The summed E-state index contributed by atoms with van der Waals surface area (Å²) in [6, 6.07) is 0. The van der Waals surface area contributed by atoms with Crippen molar-refractivity contribution >= 4 is 0 Å². The van der Waals surface area contributed by atoms with Gasteiger partial charge in [0, 0.05) is 25.2 Å². The first-order valence-corrected chi connectivity index (χ1v) is 5.97. The van der Waals surface area contributed by atoms with Crippen molar-refractivity contribution in [3.63, 3.8) is 0 Å². The molecule has 0 bridgehead atoms. The molecule has 1 aromatic rings. The maximum atomic E-state index is 4.68. The molecule has 0 spiro atoms. The minimum atomic E-state index is 0.633. The van der Waals surface area contributed by atoms with E-state index in [1.165, 1.54) is 36.3 Å². The van der Waals surface area contributed by atoms with Gasteiger partial charge < -0.3 is 5.32 Å². The Labute approximate surface area is 91.9 Å². The van der Waals surface area contributed by atoms with Crippen molar-refractivity contribution in [3.8, 4) is 0 Å². The number of piperidine rings is 1. The lowest BCUT2D eigenvalue weighted by molar-refractivity contribution is 0.449. The summed E-state index contributed by atoms with van der Waals surface area (Å²) < 4.78 is 2.03. The van der Waals surface area contributed by atoms with E-state index >= 15 is 0 Å². The van der Waals surface area contributed by atoms with Crippen LogP contribution in [-0.4, -0.2) is 22.9 Å². The number of aryl methyl sites for hydroxylation is 1. The van der Waals surface area contributed by atoms with Gasteiger partial charge in [-0.25, -0.2) is 0 Å². The van der Waals surface area contributed by atoms with E-state index in [0.29, 0.717) is 5.92 Å². The normalized spacial score (nSPS) is 21.9. The molecular weight excluding hydrogens is 186 g/mol. The van der Waals surface area contributed by atoms with E-state index in [2.05, 4.69) is 24.3 Å². The van der Waals surface area contributed by atoms with Gasteiger partial charge in [0.05, 0.1) is 5.69 Å². The average Bonchev–Trinajstić information content (AvgIpc) is 2.56. The first kappa shape index (κ1) is 10.7. The van der Waals surface area contributed by atoms with E-state index in [4.69, 9.17) is 0 Å². The Morgan fingerprint density at radius 2 is 2.33 bits per heavy atom. The van der Waals surface area contributed by atoms with Gasteiger partial charge in [0.15, 0.2) is 0 Å². The monoisotopic (exact) mass is 207 g/mol. The number of nitrogens with zero attached hydrogens (tertiary/aromatic N) is 2. The second-order valence-corrected chi connectivity index (χ2v) is 4.47. The van der Waals surface area contributed by atoms with E-state index in [0.717, 1.165) is 13.0 Å². The summed E-state index contributed by atoms with van der Waals surface area (Å²) in [6.45, 7) is 6.67. The molecule has 1 saturated heterocycles. The van der Waals surface area contributed by atoms with Gasteiger partial charge in [0.25, 0.3) is 0 Å². The number of aromatic nitrogens is 2. The molecule has 1 fully saturated rings. The molecule has 0 radical (unpaired) electrons. The number of hydrogen-bond donors (Lipinski definition) is 1. The third kappa shape index (κ3) is 1.93. The molecule has 0 amide bonds. The third-order valence-corrected chi connectivity index (χ3v) is 3.53. The Kier molecular flexibility index (Phi) is 3.10. The second-order valence-electron chi connectivity index (χ2n) is 4.47. The SMILES string of the molecule is CCc1c(C2CCCNC2)nn(C)c1C. The Balaban J connectivity index is 2.29. The lowest BCUT2D eigenvalue weighted by Crippen LogP contribution is -2.29. The van der Waals surface area contributed by atoms with Crippen LogP contribution in [0.2, 0.25) is 0 Å². The van der Waals surface area contributed by atoms with Crippen LogP contribution in [0.25, 0.3) is 0 Å². The molecule has 2 heterocycles. The highest BCUT2D eigenvalue weighted by Gasteiger charge is 2.22. The van der Waals surface area contributed by atoms with Crippen LogP contribution in [0.15, 0.2) is 0 Å². The summed E-state index contributed by atoms with van der Waals surface area (Å²) in [7, 11) is 2.05. The Bertz CT molecular complexity index is 335. The van der Waals surface area contributed by atoms with Gasteiger partial charge in [0.1, 0.15) is 0 Å². The summed E-state index contributed by atoms with van der Waals surface area (Å²) in [6.07, 6.45) is 3.67. The van der Waals surface area contributed by atoms with Crippen LogP contribution in [0.5, 0.6) is 0 Å². The van der Waals surface area contributed by atoms with Crippen LogP contribution in [-0.2, 0) is 13.5 Å². The average molecular weight is 207 g/mol. The smallest absolute Gasteiger partial charge is 0.0702 e. The molecule has 1 aliphatic heterocycles. The molecule has 0 saturated carbocycles. The maximum Gasteiger partial charge on any atom is 0.0702 e. The molecule has 1 unspecified atom stereocenters. The van der Waals surface area contributed by atoms with Gasteiger partial charge in [-0.1, -0.05) is 6.92 Å². The van der Waals surface area contributed by atoms with Crippen LogP contribution in [0, 0.1) is 6.92 Å². The fourth-order valence-electron chi connectivity index (χ4n) is 2.53. The summed E-state index contributed by atoms with van der Waals surface area (Å²) in [4.78, 5) is 0. The van der Waals surface area contributed by atoms with Crippen molar-refractivity contribution < 1.29 is 0 Å². The summed E-state index contributed by atoms with van der Waals surface area (Å²) in [5.74, 6) is 0.633. The van der Waals surface area contributed by atoms with Gasteiger partial charge in [-0.05, 0) is 38.3 Å². The quantitative estimate of drug-likeness (QED) is 0.801. The molecule has 0 aromatic carbocycles. The highest BCUT2D eigenvalue weighted by atomic mass is 15.3. The van der Waals surface area contributed by atoms with Crippen LogP contribution in [0.3, 0.4) is 0 Å². The molecule has 1 aromatic heterocycles. The molecule has 2 rings (SSSR count). The van der Waals surface area contributed by atoms with Gasteiger partial charge in [-0.2, -0.15) is 5.10 Å². The molecule has 1 atom stereocenters. The fraction of sp³-hybridized carbons (Fsp3) is 0.750. The summed E-state index contributed by atoms with van der Waals surface area (Å²) >= 11 is 0. The van der Waals surface area contributed by atoms with Gasteiger partial charge in [0.2, 0.25) is 0 Å². The molecule has 3 heteroatoms. The van der Waals surface area contributed by atoms with Crippen molar-refractivity contribution in [1.29, 1.82) is 0 Å². The predicted molar refractivity (Wildman–Crippen MR) is 62.2 cm³/mol. The van der Waals surface area contributed by atoms with E-state index in [1.807, 2.05) is 11.7 Å². The van der Waals surface area contributed by atoms with Crippen LogP contribution >= 0.6 is 0 Å². The van der Waals surface area contributed by atoms with Crippen molar-refractivity contribution in [3.05, 3.63) is 17.0 Å². The fourth-order valence-corrected chi connectivity index (χ4v) is 2.53. The molecule has 84 valence electrons. The zero-order valence-electron chi connectivity index (χ0n) is 10.0. The lowest BCUT2D eigenvalue weighted by Gasteiger charge is -2.22. The molecule has 15 heavy (non-hydrogen) atoms. The van der Waals surface area contributed by atoms with Gasteiger partial charge >= 0.3 is 0 Å². The Hall–Kier alpha value is -0.830. The van der Waals surface area contributed by atoms with Crippen LogP contribution < -0.4 is 5.32 Å². The molecular formula is C12H21N3. The number of nitrogens with one attached hydrogen (secondary N) is 1. The van der Waals surface area contributed by atoms with E-state index in [1.54, 1.807) is 0 Å². The van der Waals surface area contributed by atoms with Gasteiger partial charge in [-0.3, -0.25) is 4.68 Å². The van der Waals surface area contributed by atoms with Crippen molar-refractivity contribution in [2.24, 2.45) is 7.05 Å². The highest BCUT2D eigenvalue weighted by molar-refractivity contribution is 5.28. The lowest BCUT2D eigenvalue weighted by atomic mass is 9.92. The predicted octanol–water partition coefficient (Wildman–Crippen LogP) is 1.76. The number of rotatable bonds is 2. The van der Waals surface area contributed by atoms with Crippen molar-refractivity contribution in [2.75, 3.05) is 13.1 Å². The largest absolute Gasteiger partial charge is 0.316 e.